The molecule has 1 fully saturated rings. The Morgan fingerprint density at radius 2 is 1.88 bits per heavy atom. The Balaban J connectivity index is 0.00000144. The van der Waals surface area contributed by atoms with Crippen LogP contribution in [0.4, 0.5) is 0 Å². The maximum atomic E-state index is 6.30. The second kappa shape index (κ2) is 6.27. The van der Waals surface area contributed by atoms with Gasteiger partial charge >= 0.3 is 0 Å². The molecule has 0 aliphatic heterocycles. The summed E-state index contributed by atoms with van der Waals surface area (Å²) in [7, 11) is 0. The van der Waals surface area contributed by atoms with Gasteiger partial charge in [-0.2, -0.15) is 0 Å². The van der Waals surface area contributed by atoms with Crippen molar-refractivity contribution in [1.82, 2.24) is 0 Å². The quantitative estimate of drug-likeness (QED) is 0.891. The van der Waals surface area contributed by atoms with E-state index in [-0.39, 0.29) is 24.6 Å². The maximum absolute atomic E-state index is 6.30. The number of ether oxygens (including phenoxy) is 1. The molecule has 2 rings (SSSR count). The van der Waals surface area contributed by atoms with Crippen LogP contribution in [0, 0.1) is 5.92 Å². The van der Waals surface area contributed by atoms with Crippen LogP contribution in [0.1, 0.15) is 44.7 Å². The predicted octanol–water partition coefficient (Wildman–Crippen LogP) is 3.70. The number of hydrogen-bond acceptors (Lipinski definition) is 2. The minimum absolute atomic E-state index is 0. The zero-order valence-electron chi connectivity index (χ0n) is 10.6. The van der Waals surface area contributed by atoms with Gasteiger partial charge in [0.25, 0.3) is 0 Å². The topological polar surface area (TPSA) is 35.2 Å². The second-order valence-electron chi connectivity index (χ2n) is 4.92. The fourth-order valence-electron chi connectivity index (χ4n) is 2.17. The fraction of sp³-hybridized carbons (Fsp3) is 0.571. The Bertz CT molecular complexity index is 350. The summed E-state index contributed by atoms with van der Waals surface area (Å²) in [6.07, 6.45) is 4.05. The number of benzene rings is 1. The van der Waals surface area contributed by atoms with Crippen molar-refractivity contribution in [3.8, 4) is 5.75 Å². The lowest BCUT2D eigenvalue weighted by atomic mass is 9.77. The Labute approximate surface area is 110 Å². The minimum Gasteiger partial charge on any atom is -0.491 e. The van der Waals surface area contributed by atoms with Crippen molar-refractivity contribution in [2.45, 2.75) is 45.3 Å². The van der Waals surface area contributed by atoms with E-state index in [0.717, 1.165) is 5.75 Å². The van der Waals surface area contributed by atoms with Gasteiger partial charge in [-0.1, -0.05) is 24.6 Å². The van der Waals surface area contributed by atoms with E-state index in [1.807, 2.05) is 32.0 Å². The van der Waals surface area contributed by atoms with Crippen molar-refractivity contribution in [3.05, 3.63) is 29.8 Å². The number of hydrogen-bond donors (Lipinski definition) is 1. The van der Waals surface area contributed by atoms with E-state index in [1.54, 1.807) is 0 Å². The highest BCUT2D eigenvalue weighted by Crippen LogP contribution is 2.39. The highest BCUT2D eigenvalue weighted by molar-refractivity contribution is 5.85. The van der Waals surface area contributed by atoms with Crippen LogP contribution in [0.2, 0.25) is 0 Å². The molecule has 2 nitrogen and oxygen atoms in total. The van der Waals surface area contributed by atoms with Crippen LogP contribution in [0.3, 0.4) is 0 Å². The third kappa shape index (κ3) is 3.36. The van der Waals surface area contributed by atoms with Gasteiger partial charge in [-0.15, -0.1) is 12.4 Å². The van der Waals surface area contributed by atoms with E-state index in [2.05, 4.69) is 6.07 Å². The van der Waals surface area contributed by atoms with E-state index in [4.69, 9.17) is 10.5 Å². The fourth-order valence-corrected chi connectivity index (χ4v) is 2.17. The molecule has 1 aliphatic carbocycles. The van der Waals surface area contributed by atoms with E-state index in [9.17, 15) is 0 Å². The lowest BCUT2D eigenvalue weighted by molar-refractivity contribution is 0.225. The van der Waals surface area contributed by atoms with E-state index in [0.29, 0.717) is 5.92 Å². The normalized spacial score (nSPS) is 17.2. The van der Waals surface area contributed by atoms with Gasteiger partial charge in [0.2, 0.25) is 0 Å². The summed E-state index contributed by atoms with van der Waals surface area (Å²) in [5, 5.41) is 0. The van der Waals surface area contributed by atoms with Gasteiger partial charge in [-0.3, -0.25) is 0 Å². The SMILES string of the molecule is CC(C)Oc1ccccc1[C@H](N)C1CCC1.Cl. The molecule has 0 heterocycles. The Kier molecular flexibility index (Phi) is 5.29. The predicted molar refractivity (Wildman–Crippen MR) is 73.7 cm³/mol. The van der Waals surface area contributed by atoms with Crippen molar-refractivity contribution in [2.24, 2.45) is 11.7 Å². The van der Waals surface area contributed by atoms with Crippen LogP contribution >= 0.6 is 12.4 Å². The molecule has 0 saturated heterocycles. The second-order valence-corrected chi connectivity index (χ2v) is 4.92. The van der Waals surface area contributed by atoms with Crippen molar-refractivity contribution in [1.29, 1.82) is 0 Å². The van der Waals surface area contributed by atoms with Crippen molar-refractivity contribution >= 4 is 12.4 Å². The summed E-state index contributed by atoms with van der Waals surface area (Å²) < 4.78 is 5.81. The number of para-hydroxylation sites is 1. The maximum Gasteiger partial charge on any atom is 0.124 e. The molecule has 3 heteroatoms. The van der Waals surface area contributed by atoms with Crippen LogP contribution in [0.25, 0.3) is 0 Å². The van der Waals surface area contributed by atoms with Gasteiger partial charge < -0.3 is 10.5 Å². The summed E-state index contributed by atoms with van der Waals surface area (Å²) in [5.74, 6) is 1.61. The zero-order chi connectivity index (χ0) is 11.5. The first-order valence-electron chi connectivity index (χ1n) is 6.19. The zero-order valence-corrected chi connectivity index (χ0v) is 11.4. The molecular formula is C14H22ClNO. The minimum atomic E-state index is 0. The molecule has 96 valence electrons. The van der Waals surface area contributed by atoms with E-state index < -0.39 is 0 Å². The highest BCUT2D eigenvalue weighted by Gasteiger charge is 2.27. The smallest absolute Gasteiger partial charge is 0.124 e. The standard InChI is InChI=1S/C14H21NO.ClH/c1-10(2)16-13-9-4-3-8-12(13)14(15)11-6-5-7-11;/h3-4,8-11,14H,5-7,15H2,1-2H3;1H/t14-;/m1./s1. The molecule has 0 unspecified atom stereocenters. The molecular weight excluding hydrogens is 234 g/mol. The molecule has 0 aromatic heterocycles. The molecule has 1 atom stereocenters. The summed E-state index contributed by atoms with van der Waals surface area (Å²) in [5.41, 5.74) is 7.46. The molecule has 2 N–H and O–H groups in total. The van der Waals surface area contributed by atoms with Crippen molar-refractivity contribution < 1.29 is 4.74 Å². The van der Waals surface area contributed by atoms with Crippen molar-refractivity contribution in [2.75, 3.05) is 0 Å². The molecule has 0 radical (unpaired) electrons. The first-order valence-corrected chi connectivity index (χ1v) is 6.19. The summed E-state index contributed by atoms with van der Waals surface area (Å²) in [4.78, 5) is 0. The molecule has 1 aliphatic rings. The Morgan fingerprint density at radius 3 is 2.41 bits per heavy atom. The molecule has 1 aromatic carbocycles. The average Bonchev–Trinajstić information content (AvgIpc) is 2.14. The summed E-state index contributed by atoms with van der Waals surface area (Å²) >= 11 is 0. The van der Waals surface area contributed by atoms with Crippen molar-refractivity contribution in [3.63, 3.8) is 0 Å². The lowest BCUT2D eigenvalue weighted by Crippen LogP contribution is -2.27. The average molecular weight is 256 g/mol. The molecule has 0 amide bonds. The lowest BCUT2D eigenvalue weighted by Gasteiger charge is -2.32. The number of rotatable bonds is 4. The molecule has 17 heavy (non-hydrogen) atoms. The third-order valence-corrected chi connectivity index (χ3v) is 3.30. The van der Waals surface area contributed by atoms with Gasteiger partial charge in [-0.05, 0) is 38.7 Å². The van der Waals surface area contributed by atoms with Gasteiger partial charge in [0.15, 0.2) is 0 Å². The molecule has 0 spiro atoms. The van der Waals surface area contributed by atoms with E-state index >= 15 is 0 Å². The third-order valence-electron chi connectivity index (χ3n) is 3.30. The molecule has 0 bridgehead atoms. The monoisotopic (exact) mass is 255 g/mol. The molecule has 1 aromatic rings. The van der Waals surface area contributed by atoms with Crippen LogP contribution in [0.15, 0.2) is 24.3 Å². The first kappa shape index (κ1) is 14.3. The van der Waals surface area contributed by atoms with Crippen LogP contribution < -0.4 is 10.5 Å². The van der Waals surface area contributed by atoms with E-state index in [1.165, 1.54) is 24.8 Å². The Morgan fingerprint density at radius 1 is 1.24 bits per heavy atom. The largest absolute Gasteiger partial charge is 0.491 e. The summed E-state index contributed by atoms with van der Waals surface area (Å²) in [6.45, 7) is 4.09. The Hall–Kier alpha value is -0.730. The summed E-state index contributed by atoms with van der Waals surface area (Å²) in [6, 6.07) is 8.31. The molecule has 1 saturated carbocycles. The van der Waals surface area contributed by atoms with Crippen LogP contribution in [-0.4, -0.2) is 6.10 Å². The van der Waals surface area contributed by atoms with Gasteiger partial charge in [-0.25, -0.2) is 0 Å². The van der Waals surface area contributed by atoms with Crippen LogP contribution in [-0.2, 0) is 0 Å². The number of halogens is 1. The number of nitrogens with two attached hydrogens (primary N) is 1. The van der Waals surface area contributed by atoms with Gasteiger partial charge in [0.1, 0.15) is 5.75 Å². The van der Waals surface area contributed by atoms with Gasteiger partial charge in [0.05, 0.1) is 6.10 Å². The van der Waals surface area contributed by atoms with Crippen LogP contribution in [0.5, 0.6) is 5.75 Å². The highest BCUT2D eigenvalue weighted by atomic mass is 35.5. The first-order chi connectivity index (χ1) is 7.68. The van der Waals surface area contributed by atoms with Gasteiger partial charge in [0, 0.05) is 11.6 Å².